The van der Waals surface area contributed by atoms with Gasteiger partial charge >= 0.3 is 6.98 Å². The number of benzene rings is 7. The summed E-state index contributed by atoms with van der Waals surface area (Å²) in [6.45, 7) is 29.8. The molecule has 0 aromatic heterocycles. The number of allylic oxidation sites excluding steroid dienone is 3. The number of halogens is 2. The molecule has 1 aliphatic heterocycles. The SMILES string of the molecule is [B]/C(C#C)=C([B])/C([B])=C(/[B])CN1B(c2c(C)cc(C(C)(C)C)cc2C)N(c2c([B])c([B])c([B])c([B])c2[B])c2ccc(N(c3ccc(C(C)(C)C)cc3)c3cc(Cl)cc(N(c4ccc(C(C)(C)C)cc4)c4ccc(C(C)(C)C)cc4)c3Cl)cc21. The van der Waals surface area contributed by atoms with Crippen LogP contribution in [0.15, 0.2) is 137 Å². The van der Waals surface area contributed by atoms with Crippen LogP contribution >= 0.6 is 23.2 Å². The summed E-state index contributed by atoms with van der Waals surface area (Å²) in [5.41, 5.74) is 13.9. The number of hydrogen-bond donors (Lipinski definition) is 0. The zero-order valence-corrected chi connectivity index (χ0v) is 52.1. The molecular weight excluding hydrogens is 1040 g/mol. The zero-order chi connectivity index (χ0) is 61.3. The first-order valence-electron chi connectivity index (χ1n) is 27.8. The van der Waals surface area contributed by atoms with Crippen molar-refractivity contribution < 1.29 is 0 Å². The van der Waals surface area contributed by atoms with Gasteiger partial charge in [0.05, 0.1) is 27.8 Å². The van der Waals surface area contributed by atoms with E-state index in [1.54, 1.807) is 0 Å². The average molecular weight is 1100 g/mol. The normalized spacial score (nSPS) is 13.6. The fraction of sp³-hybridized carbons (Fsp3) is 0.284. The van der Waals surface area contributed by atoms with Crippen molar-refractivity contribution in [3.8, 4) is 12.3 Å². The summed E-state index contributed by atoms with van der Waals surface area (Å²) in [5, 5.41) is 0.879. The third-order valence-electron chi connectivity index (χ3n) is 15.8. The first-order valence-corrected chi connectivity index (χ1v) is 28.5. The van der Waals surface area contributed by atoms with Crippen LogP contribution < -0.4 is 52.2 Å². The monoisotopic (exact) mass is 1100 g/mol. The first-order chi connectivity index (χ1) is 38.6. The van der Waals surface area contributed by atoms with Gasteiger partial charge in [-0.1, -0.05) is 188 Å². The van der Waals surface area contributed by atoms with Gasteiger partial charge in [-0.05, 0) is 130 Å². The molecule has 8 rings (SSSR count). The van der Waals surface area contributed by atoms with E-state index < -0.39 is 6.98 Å². The molecule has 0 atom stereocenters. The molecule has 396 valence electrons. The van der Waals surface area contributed by atoms with Gasteiger partial charge in [0.15, 0.2) is 0 Å². The predicted molar refractivity (Wildman–Crippen MR) is 371 cm³/mol. The van der Waals surface area contributed by atoms with Crippen LogP contribution in [0.2, 0.25) is 10.0 Å². The maximum atomic E-state index is 8.06. The summed E-state index contributed by atoms with van der Waals surface area (Å²) < 4.78 is 0. The highest BCUT2D eigenvalue weighted by Gasteiger charge is 2.46. The summed E-state index contributed by atoms with van der Waals surface area (Å²) >= 11 is 15.5. The summed E-state index contributed by atoms with van der Waals surface area (Å²) in [6, 6.07) is 40.0. The van der Waals surface area contributed by atoms with Crippen molar-refractivity contribution in [1.29, 1.82) is 0 Å². The van der Waals surface area contributed by atoms with Gasteiger partial charge in [0.25, 0.3) is 0 Å². The maximum Gasteiger partial charge on any atom is 0.416 e. The van der Waals surface area contributed by atoms with Gasteiger partial charge in [0.2, 0.25) is 0 Å². The van der Waals surface area contributed by atoms with Crippen molar-refractivity contribution >= 4 is 185 Å². The molecule has 0 unspecified atom stereocenters. The molecule has 7 aromatic rings. The van der Waals surface area contributed by atoms with Crippen LogP contribution in [0.1, 0.15) is 116 Å². The quantitative estimate of drug-likeness (QED) is 0.0727. The van der Waals surface area contributed by atoms with Gasteiger partial charge in [-0.2, -0.15) is 0 Å². The number of hydrogen-bond acceptors (Lipinski definition) is 4. The highest BCUT2D eigenvalue weighted by atomic mass is 35.5. The van der Waals surface area contributed by atoms with E-state index in [2.05, 4.69) is 208 Å². The minimum absolute atomic E-state index is 0.0129. The smallest absolute Gasteiger partial charge is 0.387 e. The highest BCUT2D eigenvalue weighted by molar-refractivity contribution is 6.85. The lowest BCUT2D eigenvalue weighted by molar-refractivity contribution is 0.589. The standard InChI is InChI=1S/C67H64B10Cl2N4/c1-16-48(68)54(70)55(71)49(69)36-80-51-35-47(29-30-50(51)83(63-59(75)57(73)56(72)58(74)60(63)76)77(80)61-37(2)31-42(32-38(61)3)67(13,14)15)82(46-27-21-41(22-28-46)66(10,11)12)53-34-43(78)33-52(62(53)79)81(44-23-17-39(18-24-44)64(4,5)6)45-25-19-40(20-26-45)65(7,8)9/h1,17-35H,36H2,2-15H3/b54-48-,55-49-. The number of anilines is 9. The summed E-state index contributed by atoms with van der Waals surface area (Å²) in [5.74, 6) is 2.40. The molecule has 83 heavy (non-hydrogen) atoms. The van der Waals surface area contributed by atoms with E-state index in [9.17, 15) is 0 Å². The third-order valence-corrected chi connectivity index (χ3v) is 16.4. The van der Waals surface area contributed by atoms with Gasteiger partial charge < -0.3 is 19.4 Å². The Balaban J connectivity index is 1.47. The van der Waals surface area contributed by atoms with Crippen LogP contribution in [-0.4, -0.2) is 84.1 Å². The number of fused-ring (bicyclic) bond motifs is 1. The molecule has 0 fully saturated rings. The number of rotatable bonds is 11. The van der Waals surface area contributed by atoms with E-state index in [0.717, 1.165) is 44.8 Å². The van der Waals surface area contributed by atoms with Crippen LogP contribution in [0.4, 0.5) is 51.2 Å². The maximum absolute atomic E-state index is 8.06. The first kappa shape index (κ1) is 63.0. The van der Waals surface area contributed by atoms with Crippen molar-refractivity contribution in [2.24, 2.45) is 0 Å². The second kappa shape index (κ2) is 23.5. The van der Waals surface area contributed by atoms with Crippen LogP contribution in [-0.2, 0) is 21.7 Å². The minimum atomic E-state index is -0.744. The third kappa shape index (κ3) is 12.4. The van der Waals surface area contributed by atoms with Crippen molar-refractivity contribution in [3.05, 3.63) is 181 Å². The fourth-order valence-electron chi connectivity index (χ4n) is 10.8. The molecule has 0 bridgehead atoms. The lowest BCUT2D eigenvalue weighted by Crippen LogP contribution is -2.62. The molecule has 0 N–H and O–H groups in total. The molecule has 7 aromatic carbocycles. The topological polar surface area (TPSA) is 13.0 Å². The van der Waals surface area contributed by atoms with E-state index >= 15 is 0 Å². The second-order valence-electron chi connectivity index (χ2n) is 26.0. The van der Waals surface area contributed by atoms with Crippen molar-refractivity contribution in [1.82, 2.24) is 0 Å². The summed E-state index contributed by atoms with van der Waals surface area (Å²) in [4.78, 5) is 8.44. The van der Waals surface area contributed by atoms with Crippen LogP contribution in [0.3, 0.4) is 0 Å². The van der Waals surface area contributed by atoms with Gasteiger partial charge in [-0.25, -0.2) is 0 Å². The van der Waals surface area contributed by atoms with Crippen LogP contribution in [0.5, 0.6) is 0 Å². The average Bonchev–Trinajstić information content (AvgIpc) is 4.01. The molecule has 16 heteroatoms. The number of terminal acetylenes is 1. The number of nitrogens with zero attached hydrogens (tertiary/aromatic N) is 4. The fourth-order valence-corrected chi connectivity index (χ4v) is 11.3. The highest BCUT2D eigenvalue weighted by Crippen LogP contribution is 2.52. The van der Waals surface area contributed by atoms with Gasteiger partial charge in [-0.3, -0.25) is 0 Å². The van der Waals surface area contributed by atoms with Crippen molar-refractivity contribution in [2.75, 3.05) is 26.0 Å². The Morgan fingerprint density at radius 2 is 0.867 bits per heavy atom. The molecule has 4 nitrogen and oxygen atoms in total. The molecule has 0 amide bonds. The van der Waals surface area contributed by atoms with E-state index in [0.29, 0.717) is 44.2 Å². The van der Waals surface area contributed by atoms with Crippen LogP contribution in [0.25, 0.3) is 0 Å². The molecule has 1 heterocycles. The second-order valence-corrected chi connectivity index (χ2v) is 26.8. The molecule has 18 radical (unpaired) electrons. The Labute approximate surface area is 518 Å². The molecule has 0 spiro atoms. The Bertz CT molecular complexity index is 3660. The van der Waals surface area contributed by atoms with E-state index in [4.69, 9.17) is 100 Å². The van der Waals surface area contributed by atoms with Crippen LogP contribution in [0, 0.1) is 26.2 Å². The Hall–Kier alpha value is -5.99. The van der Waals surface area contributed by atoms with E-state index in [1.807, 2.05) is 29.1 Å². The lowest BCUT2D eigenvalue weighted by atomic mass is 9.57. The predicted octanol–water partition coefficient (Wildman–Crippen LogP) is 10.8. The molecule has 0 saturated carbocycles. The number of aryl methyl sites for hydroxylation is 2. The summed E-state index contributed by atoms with van der Waals surface area (Å²) in [7, 11) is 60.9. The summed E-state index contributed by atoms with van der Waals surface area (Å²) in [6.07, 6.45) is 5.74. The van der Waals surface area contributed by atoms with Gasteiger partial charge in [-0.15, -0.1) is 39.2 Å². The van der Waals surface area contributed by atoms with Gasteiger partial charge in [0, 0.05) is 40.0 Å². The molecule has 1 aliphatic rings. The molecule has 0 saturated heterocycles. The van der Waals surface area contributed by atoms with E-state index in [-0.39, 0.29) is 77.4 Å². The minimum Gasteiger partial charge on any atom is -0.387 e. The van der Waals surface area contributed by atoms with Crippen molar-refractivity contribution in [3.63, 3.8) is 0 Å². The largest absolute Gasteiger partial charge is 0.416 e. The van der Waals surface area contributed by atoms with Crippen molar-refractivity contribution in [2.45, 2.75) is 119 Å². The zero-order valence-electron chi connectivity index (χ0n) is 50.6. The lowest BCUT2D eigenvalue weighted by Gasteiger charge is -2.36. The van der Waals surface area contributed by atoms with Gasteiger partial charge in [0.1, 0.15) is 70.6 Å². The molecule has 0 aliphatic carbocycles. The Kier molecular flexibility index (Phi) is 17.8. The Morgan fingerprint density at radius 1 is 0.494 bits per heavy atom. The Morgan fingerprint density at radius 3 is 1.25 bits per heavy atom. The van der Waals surface area contributed by atoms with E-state index in [1.165, 1.54) is 11.1 Å². The molecular formula is C67H64B10Cl2N4.